The number of halogens is 1. The molecule has 78 valence electrons. The first-order chi connectivity index (χ1) is 6.55. The molecule has 0 aliphatic heterocycles. The predicted molar refractivity (Wildman–Crippen MR) is 54.4 cm³/mol. The van der Waals surface area contributed by atoms with Gasteiger partial charge in [0.15, 0.2) is 0 Å². The summed E-state index contributed by atoms with van der Waals surface area (Å²) in [5.74, 6) is -0.204. The normalized spacial score (nSPS) is 11.6. The van der Waals surface area contributed by atoms with Gasteiger partial charge in [-0.1, -0.05) is 25.1 Å². The smallest absolute Gasteiger partial charge is 0.150 e. The van der Waals surface area contributed by atoms with E-state index < -0.39 is 9.84 Å². The van der Waals surface area contributed by atoms with Crippen LogP contribution in [0, 0.1) is 5.82 Å². The topological polar surface area (TPSA) is 34.1 Å². The van der Waals surface area contributed by atoms with Crippen LogP contribution in [0.3, 0.4) is 0 Å². The van der Waals surface area contributed by atoms with E-state index in [1.165, 1.54) is 6.07 Å². The van der Waals surface area contributed by atoms with E-state index in [2.05, 4.69) is 0 Å². The Balaban J connectivity index is 2.68. The molecule has 1 rings (SSSR count). The molecule has 0 atom stereocenters. The number of benzene rings is 1. The number of aryl methyl sites for hydroxylation is 1. The van der Waals surface area contributed by atoms with Crippen LogP contribution >= 0.6 is 0 Å². The Bertz CT molecular complexity index is 398. The Labute approximate surface area is 83.7 Å². The van der Waals surface area contributed by atoms with Crippen LogP contribution in [0.15, 0.2) is 24.3 Å². The van der Waals surface area contributed by atoms with Gasteiger partial charge in [0.05, 0.1) is 5.75 Å². The van der Waals surface area contributed by atoms with Gasteiger partial charge >= 0.3 is 0 Å². The van der Waals surface area contributed by atoms with E-state index in [0.29, 0.717) is 5.56 Å². The fourth-order valence-electron chi connectivity index (χ4n) is 1.11. The number of rotatable bonds is 4. The van der Waals surface area contributed by atoms with Gasteiger partial charge in [0.25, 0.3) is 0 Å². The van der Waals surface area contributed by atoms with Crippen molar-refractivity contribution in [1.82, 2.24) is 0 Å². The molecule has 0 saturated carbocycles. The van der Waals surface area contributed by atoms with Crippen molar-refractivity contribution in [2.24, 2.45) is 0 Å². The molecule has 0 unspecified atom stereocenters. The fourth-order valence-corrected chi connectivity index (χ4v) is 1.93. The van der Waals surface area contributed by atoms with E-state index in [4.69, 9.17) is 0 Å². The molecule has 4 heteroatoms. The van der Waals surface area contributed by atoms with E-state index in [0.717, 1.165) is 0 Å². The Hall–Kier alpha value is -0.900. The van der Waals surface area contributed by atoms with Crippen molar-refractivity contribution >= 4 is 9.84 Å². The minimum atomic E-state index is -3.00. The van der Waals surface area contributed by atoms with Gasteiger partial charge in [0.1, 0.15) is 15.7 Å². The highest BCUT2D eigenvalue weighted by atomic mass is 32.2. The molecular weight excluding hydrogens is 203 g/mol. The van der Waals surface area contributed by atoms with Crippen molar-refractivity contribution in [2.45, 2.75) is 13.3 Å². The molecule has 1 aromatic carbocycles. The van der Waals surface area contributed by atoms with Gasteiger partial charge in [0, 0.05) is 5.75 Å². The first-order valence-corrected chi connectivity index (χ1v) is 6.31. The van der Waals surface area contributed by atoms with Crippen molar-refractivity contribution < 1.29 is 12.8 Å². The number of hydrogen-bond acceptors (Lipinski definition) is 2. The molecule has 0 aliphatic carbocycles. The Morgan fingerprint density at radius 2 is 1.93 bits per heavy atom. The zero-order chi connectivity index (χ0) is 10.6. The van der Waals surface area contributed by atoms with Crippen LogP contribution in [0.5, 0.6) is 0 Å². The van der Waals surface area contributed by atoms with Gasteiger partial charge in [-0.15, -0.1) is 0 Å². The van der Waals surface area contributed by atoms with Crippen molar-refractivity contribution in [3.8, 4) is 0 Å². The first-order valence-electron chi connectivity index (χ1n) is 4.49. The van der Waals surface area contributed by atoms with Crippen molar-refractivity contribution in [2.75, 3.05) is 11.5 Å². The summed E-state index contributed by atoms with van der Waals surface area (Å²) in [6.07, 6.45) is 0.253. The summed E-state index contributed by atoms with van der Waals surface area (Å²) in [6.45, 7) is 1.59. The summed E-state index contributed by atoms with van der Waals surface area (Å²) >= 11 is 0. The van der Waals surface area contributed by atoms with Crippen LogP contribution < -0.4 is 0 Å². The van der Waals surface area contributed by atoms with Gasteiger partial charge in [0.2, 0.25) is 0 Å². The highest BCUT2D eigenvalue weighted by Gasteiger charge is 2.09. The quantitative estimate of drug-likeness (QED) is 0.769. The summed E-state index contributed by atoms with van der Waals surface area (Å²) in [7, 11) is -3.00. The minimum Gasteiger partial charge on any atom is -0.229 e. The summed E-state index contributed by atoms with van der Waals surface area (Å²) in [5.41, 5.74) is 0.463. The van der Waals surface area contributed by atoms with Crippen LogP contribution in [0.4, 0.5) is 4.39 Å². The third kappa shape index (κ3) is 3.10. The summed E-state index contributed by atoms with van der Waals surface area (Å²) in [6, 6.07) is 6.25. The molecule has 0 fully saturated rings. The van der Waals surface area contributed by atoms with E-state index in [1.54, 1.807) is 25.1 Å². The Morgan fingerprint density at radius 3 is 2.50 bits per heavy atom. The van der Waals surface area contributed by atoms with Gasteiger partial charge in [-0.3, -0.25) is 0 Å². The molecule has 14 heavy (non-hydrogen) atoms. The van der Waals surface area contributed by atoms with Crippen LogP contribution in [0.2, 0.25) is 0 Å². The second-order valence-electron chi connectivity index (χ2n) is 3.08. The molecule has 0 spiro atoms. The van der Waals surface area contributed by atoms with E-state index in [1.807, 2.05) is 0 Å². The second-order valence-corrected chi connectivity index (χ2v) is 5.55. The van der Waals surface area contributed by atoms with Gasteiger partial charge < -0.3 is 0 Å². The maximum Gasteiger partial charge on any atom is 0.150 e. The molecule has 2 nitrogen and oxygen atoms in total. The predicted octanol–water partition coefficient (Wildman–Crippen LogP) is 1.80. The lowest BCUT2D eigenvalue weighted by molar-refractivity contribution is 0.592. The first kappa shape index (κ1) is 11.2. The summed E-state index contributed by atoms with van der Waals surface area (Å²) in [4.78, 5) is 0. The van der Waals surface area contributed by atoms with Crippen LogP contribution in [0.1, 0.15) is 12.5 Å². The standard InChI is InChI=1S/C10H13FO2S/c1-2-14(12,13)8-7-9-5-3-4-6-10(9)11/h3-6H,2,7-8H2,1H3. The summed E-state index contributed by atoms with van der Waals surface area (Å²) < 4.78 is 35.4. The average Bonchev–Trinajstić information content (AvgIpc) is 2.17. The lowest BCUT2D eigenvalue weighted by Gasteiger charge is -2.02. The van der Waals surface area contributed by atoms with E-state index in [-0.39, 0.29) is 23.7 Å². The fraction of sp³-hybridized carbons (Fsp3) is 0.400. The summed E-state index contributed by atoms with van der Waals surface area (Å²) in [5, 5.41) is 0. The van der Waals surface area contributed by atoms with Crippen LogP contribution in [-0.4, -0.2) is 19.9 Å². The second kappa shape index (κ2) is 4.55. The van der Waals surface area contributed by atoms with Gasteiger partial charge in [-0.05, 0) is 18.1 Å². The lowest BCUT2D eigenvalue weighted by atomic mass is 10.2. The molecule has 0 radical (unpaired) electrons. The van der Waals surface area contributed by atoms with Crippen molar-refractivity contribution in [1.29, 1.82) is 0 Å². The van der Waals surface area contributed by atoms with Crippen molar-refractivity contribution in [3.63, 3.8) is 0 Å². The molecule has 0 amide bonds. The molecule has 1 aromatic rings. The highest BCUT2D eigenvalue weighted by molar-refractivity contribution is 7.91. The zero-order valence-electron chi connectivity index (χ0n) is 8.03. The monoisotopic (exact) mass is 216 g/mol. The third-order valence-corrected chi connectivity index (χ3v) is 3.79. The third-order valence-electron chi connectivity index (χ3n) is 2.08. The van der Waals surface area contributed by atoms with Gasteiger partial charge in [-0.25, -0.2) is 12.8 Å². The lowest BCUT2D eigenvalue weighted by Crippen LogP contribution is -2.11. The van der Waals surface area contributed by atoms with Crippen molar-refractivity contribution in [3.05, 3.63) is 35.6 Å². The molecule has 0 bridgehead atoms. The maximum absolute atomic E-state index is 13.1. The number of sulfone groups is 1. The molecule has 0 aromatic heterocycles. The zero-order valence-corrected chi connectivity index (χ0v) is 8.85. The number of hydrogen-bond donors (Lipinski definition) is 0. The van der Waals surface area contributed by atoms with Gasteiger partial charge in [-0.2, -0.15) is 0 Å². The van der Waals surface area contributed by atoms with E-state index in [9.17, 15) is 12.8 Å². The molecular formula is C10H13FO2S. The molecule has 0 aliphatic rings. The molecule has 0 saturated heterocycles. The van der Waals surface area contributed by atoms with Crippen LogP contribution in [0.25, 0.3) is 0 Å². The van der Waals surface area contributed by atoms with Crippen LogP contribution in [-0.2, 0) is 16.3 Å². The maximum atomic E-state index is 13.1. The Kier molecular flexibility index (Phi) is 3.63. The minimum absolute atomic E-state index is 0.0183. The SMILES string of the molecule is CCS(=O)(=O)CCc1ccccc1F. The molecule has 0 heterocycles. The highest BCUT2D eigenvalue weighted by Crippen LogP contribution is 2.08. The van der Waals surface area contributed by atoms with E-state index >= 15 is 0 Å². The Morgan fingerprint density at radius 1 is 1.29 bits per heavy atom. The molecule has 0 N–H and O–H groups in total. The average molecular weight is 216 g/mol. The largest absolute Gasteiger partial charge is 0.229 e.